The molecule has 0 aliphatic heterocycles. The minimum Gasteiger partial charge on any atom is -0.343 e. The van der Waals surface area contributed by atoms with Crippen molar-refractivity contribution >= 4 is 22.6 Å². The number of para-hydroxylation sites is 1. The van der Waals surface area contributed by atoms with Crippen LogP contribution in [0, 0.1) is 6.92 Å². The first-order chi connectivity index (χ1) is 10.6. The lowest BCUT2D eigenvalue weighted by Gasteiger charge is -2.14. The Bertz CT molecular complexity index is 880. The average Bonchev–Trinajstić information content (AvgIpc) is 2.89. The molecule has 0 aliphatic rings. The van der Waals surface area contributed by atoms with E-state index < -0.39 is 6.04 Å². The second-order valence-corrected chi connectivity index (χ2v) is 5.20. The van der Waals surface area contributed by atoms with E-state index in [1.54, 1.807) is 25.1 Å². The van der Waals surface area contributed by atoms with Crippen molar-refractivity contribution < 1.29 is 4.79 Å². The molecule has 2 aromatic heterocycles. The number of aromatic amines is 1. The maximum atomic E-state index is 12.5. The normalized spacial score (nSPS) is 12.3. The van der Waals surface area contributed by atoms with E-state index in [0.29, 0.717) is 16.7 Å². The second kappa shape index (κ2) is 5.48. The summed E-state index contributed by atoms with van der Waals surface area (Å²) in [5.41, 5.74) is 1.86. The number of amides is 1. The lowest BCUT2D eigenvalue weighted by Crippen LogP contribution is -2.31. The molecule has 0 saturated carbocycles. The molecular weight excluding hydrogens is 280 g/mol. The van der Waals surface area contributed by atoms with Crippen LogP contribution in [0.3, 0.4) is 0 Å². The molecule has 2 heterocycles. The molecule has 0 bridgehead atoms. The van der Waals surface area contributed by atoms with Crippen molar-refractivity contribution in [1.29, 1.82) is 0 Å². The number of aromatic nitrogens is 3. The molecule has 0 spiro atoms. The molecule has 3 rings (SSSR count). The Kier molecular flexibility index (Phi) is 3.50. The SMILES string of the molecule is Cc1cc2c(=O)n(C(C)C(=O)Nc3ccccc3)cnc2[nH]1. The number of nitrogens with zero attached hydrogens (tertiary/aromatic N) is 2. The Morgan fingerprint density at radius 3 is 2.77 bits per heavy atom. The van der Waals surface area contributed by atoms with Gasteiger partial charge in [0.25, 0.3) is 5.56 Å². The zero-order valence-electron chi connectivity index (χ0n) is 12.3. The number of hydrogen-bond donors (Lipinski definition) is 2. The third-order valence-corrected chi connectivity index (χ3v) is 3.55. The first kappa shape index (κ1) is 14.1. The number of benzene rings is 1. The van der Waals surface area contributed by atoms with E-state index in [-0.39, 0.29) is 11.5 Å². The van der Waals surface area contributed by atoms with E-state index in [1.165, 1.54) is 10.9 Å². The summed E-state index contributed by atoms with van der Waals surface area (Å²) in [7, 11) is 0. The largest absolute Gasteiger partial charge is 0.343 e. The van der Waals surface area contributed by atoms with Crippen LogP contribution in [0.1, 0.15) is 18.7 Å². The quantitative estimate of drug-likeness (QED) is 0.778. The molecule has 0 aliphatic carbocycles. The standard InChI is InChI=1S/C16H16N4O2/c1-10-8-13-14(18-10)17-9-20(16(13)22)11(2)15(21)19-12-6-4-3-5-7-12/h3-9,11,18H,1-2H3,(H,19,21). The zero-order chi connectivity index (χ0) is 15.7. The third kappa shape index (κ3) is 2.50. The molecule has 1 aromatic carbocycles. The van der Waals surface area contributed by atoms with Gasteiger partial charge >= 0.3 is 0 Å². The number of aryl methyl sites for hydroxylation is 1. The van der Waals surface area contributed by atoms with Crippen molar-refractivity contribution in [3.05, 3.63) is 58.8 Å². The van der Waals surface area contributed by atoms with Crippen LogP contribution in [0.4, 0.5) is 5.69 Å². The highest BCUT2D eigenvalue weighted by Gasteiger charge is 2.18. The van der Waals surface area contributed by atoms with E-state index in [9.17, 15) is 9.59 Å². The number of carbonyl (C=O) groups is 1. The molecule has 112 valence electrons. The molecule has 3 aromatic rings. The first-order valence-electron chi connectivity index (χ1n) is 6.98. The van der Waals surface area contributed by atoms with Crippen molar-refractivity contribution in [3.63, 3.8) is 0 Å². The Hall–Kier alpha value is -2.89. The van der Waals surface area contributed by atoms with Crippen LogP contribution in [0.25, 0.3) is 11.0 Å². The molecule has 1 unspecified atom stereocenters. The Morgan fingerprint density at radius 2 is 2.05 bits per heavy atom. The van der Waals surface area contributed by atoms with E-state index in [1.807, 2.05) is 25.1 Å². The van der Waals surface area contributed by atoms with Crippen LogP contribution in [-0.2, 0) is 4.79 Å². The Morgan fingerprint density at radius 1 is 1.32 bits per heavy atom. The maximum Gasteiger partial charge on any atom is 0.263 e. The molecule has 22 heavy (non-hydrogen) atoms. The van der Waals surface area contributed by atoms with E-state index >= 15 is 0 Å². The number of rotatable bonds is 3. The summed E-state index contributed by atoms with van der Waals surface area (Å²) >= 11 is 0. The molecule has 6 heteroatoms. The number of fused-ring (bicyclic) bond motifs is 1. The number of anilines is 1. The molecular formula is C16H16N4O2. The van der Waals surface area contributed by atoms with Gasteiger partial charge in [-0.2, -0.15) is 0 Å². The molecule has 1 amide bonds. The number of nitrogens with one attached hydrogen (secondary N) is 2. The lowest BCUT2D eigenvalue weighted by atomic mass is 10.2. The zero-order valence-corrected chi connectivity index (χ0v) is 12.3. The highest BCUT2D eigenvalue weighted by Crippen LogP contribution is 2.12. The Balaban J connectivity index is 1.91. The highest BCUT2D eigenvalue weighted by atomic mass is 16.2. The van der Waals surface area contributed by atoms with Gasteiger partial charge in [0, 0.05) is 11.4 Å². The van der Waals surface area contributed by atoms with Gasteiger partial charge in [-0.25, -0.2) is 4.98 Å². The van der Waals surface area contributed by atoms with Crippen LogP contribution in [0.15, 0.2) is 47.5 Å². The van der Waals surface area contributed by atoms with Crippen molar-refractivity contribution in [2.45, 2.75) is 19.9 Å². The fraction of sp³-hybridized carbons (Fsp3) is 0.188. The van der Waals surface area contributed by atoms with Gasteiger partial charge in [0.2, 0.25) is 5.91 Å². The van der Waals surface area contributed by atoms with E-state index in [4.69, 9.17) is 0 Å². The predicted octanol–water partition coefficient (Wildman–Crippen LogP) is 2.23. The lowest BCUT2D eigenvalue weighted by molar-refractivity contribution is -0.118. The molecule has 2 N–H and O–H groups in total. The van der Waals surface area contributed by atoms with Crippen molar-refractivity contribution in [1.82, 2.24) is 14.5 Å². The van der Waals surface area contributed by atoms with Crippen LogP contribution in [-0.4, -0.2) is 20.4 Å². The second-order valence-electron chi connectivity index (χ2n) is 5.20. The maximum absolute atomic E-state index is 12.5. The third-order valence-electron chi connectivity index (χ3n) is 3.55. The van der Waals surface area contributed by atoms with Gasteiger partial charge in [-0.15, -0.1) is 0 Å². The summed E-state index contributed by atoms with van der Waals surface area (Å²) in [4.78, 5) is 32.0. The summed E-state index contributed by atoms with van der Waals surface area (Å²) in [5, 5.41) is 3.27. The van der Waals surface area contributed by atoms with E-state index in [0.717, 1.165) is 5.69 Å². The summed E-state index contributed by atoms with van der Waals surface area (Å²) in [6.45, 7) is 3.53. The van der Waals surface area contributed by atoms with Crippen LogP contribution in [0.5, 0.6) is 0 Å². The van der Waals surface area contributed by atoms with Crippen LogP contribution >= 0.6 is 0 Å². The number of hydrogen-bond acceptors (Lipinski definition) is 3. The molecule has 1 atom stereocenters. The van der Waals surface area contributed by atoms with E-state index in [2.05, 4.69) is 15.3 Å². The van der Waals surface area contributed by atoms with Crippen molar-refractivity contribution in [3.8, 4) is 0 Å². The first-order valence-corrected chi connectivity index (χ1v) is 6.98. The van der Waals surface area contributed by atoms with Gasteiger partial charge in [0.15, 0.2) is 0 Å². The fourth-order valence-corrected chi connectivity index (χ4v) is 2.32. The molecule has 0 saturated heterocycles. The number of H-pyrrole nitrogens is 1. The summed E-state index contributed by atoms with van der Waals surface area (Å²) < 4.78 is 1.34. The van der Waals surface area contributed by atoms with Gasteiger partial charge in [-0.05, 0) is 32.0 Å². The van der Waals surface area contributed by atoms with Gasteiger partial charge in [-0.3, -0.25) is 14.2 Å². The smallest absolute Gasteiger partial charge is 0.263 e. The van der Waals surface area contributed by atoms with Gasteiger partial charge in [0.05, 0.1) is 5.39 Å². The summed E-state index contributed by atoms with van der Waals surface area (Å²) in [5.74, 6) is -0.262. The minimum absolute atomic E-state index is 0.231. The van der Waals surface area contributed by atoms with Crippen LogP contribution < -0.4 is 10.9 Å². The molecule has 6 nitrogen and oxygen atoms in total. The monoisotopic (exact) mass is 296 g/mol. The predicted molar refractivity (Wildman–Crippen MR) is 84.9 cm³/mol. The topological polar surface area (TPSA) is 79.8 Å². The summed E-state index contributed by atoms with van der Waals surface area (Å²) in [6.07, 6.45) is 1.40. The minimum atomic E-state index is -0.653. The van der Waals surface area contributed by atoms with Gasteiger partial charge < -0.3 is 10.3 Å². The summed E-state index contributed by atoms with van der Waals surface area (Å²) in [6, 6.07) is 10.2. The van der Waals surface area contributed by atoms with Gasteiger partial charge in [-0.1, -0.05) is 18.2 Å². The molecule has 0 fully saturated rings. The molecule has 0 radical (unpaired) electrons. The van der Waals surface area contributed by atoms with Crippen LogP contribution in [0.2, 0.25) is 0 Å². The highest BCUT2D eigenvalue weighted by molar-refractivity contribution is 5.93. The average molecular weight is 296 g/mol. The number of carbonyl (C=O) groups excluding carboxylic acids is 1. The fourth-order valence-electron chi connectivity index (χ4n) is 2.32. The Labute approximate surface area is 126 Å². The van der Waals surface area contributed by atoms with Gasteiger partial charge in [0.1, 0.15) is 18.0 Å². The van der Waals surface area contributed by atoms with Crippen molar-refractivity contribution in [2.24, 2.45) is 0 Å². The van der Waals surface area contributed by atoms with Crippen molar-refractivity contribution in [2.75, 3.05) is 5.32 Å².